The van der Waals surface area contributed by atoms with Crippen LogP contribution in [0.3, 0.4) is 0 Å². The summed E-state index contributed by atoms with van der Waals surface area (Å²) in [6.45, 7) is -0.0512. The normalized spacial score (nSPS) is 15.3. The third-order valence-corrected chi connectivity index (χ3v) is 4.89. The minimum absolute atomic E-state index is 0.0512. The van der Waals surface area contributed by atoms with Gasteiger partial charge in [0, 0.05) is 17.3 Å². The zero-order valence-electron chi connectivity index (χ0n) is 17.3. The summed E-state index contributed by atoms with van der Waals surface area (Å²) in [5, 5.41) is 17.5. The van der Waals surface area contributed by atoms with Crippen molar-refractivity contribution >= 4 is 17.7 Å². The number of benzene rings is 1. The number of nitrogens with one attached hydrogen (secondary N) is 3. The number of alkyl halides is 3. The number of aromatic nitrogens is 6. The second kappa shape index (κ2) is 8.20. The van der Waals surface area contributed by atoms with Crippen LogP contribution in [-0.2, 0) is 6.54 Å². The van der Waals surface area contributed by atoms with Gasteiger partial charge in [-0.1, -0.05) is 18.2 Å². The molecule has 0 spiro atoms. The summed E-state index contributed by atoms with van der Waals surface area (Å²) >= 11 is 0. The van der Waals surface area contributed by atoms with Crippen molar-refractivity contribution < 1.29 is 23.0 Å². The Labute approximate surface area is 187 Å². The van der Waals surface area contributed by atoms with Gasteiger partial charge in [0.1, 0.15) is 11.4 Å². The van der Waals surface area contributed by atoms with E-state index >= 15 is 0 Å². The maximum Gasteiger partial charge on any atom is 0.573 e. The molecule has 34 heavy (non-hydrogen) atoms. The van der Waals surface area contributed by atoms with Crippen LogP contribution in [0.2, 0.25) is 0 Å². The van der Waals surface area contributed by atoms with Crippen LogP contribution in [0.4, 0.5) is 19.1 Å². The second-order valence-electron chi connectivity index (χ2n) is 7.54. The number of aromatic hydroxyl groups is 1. The van der Waals surface area contributed by atoms with Crippen molar-refractivity contribution in [1.29, 1.82) is 0 Å². The number of halogens is 3. The molecule has 1 aromatic carbocycles. The molecule has 0 atom stereocenters. The Kier molecular flexibility index (Phi) is 5.18. The molecule has 1 aliphatic carbocycles. The molecule has 1 fully saturated rings. The van der Waals surface area contributed by atoms with Crippen LogP contribution in [0, 0.1) is 0 Å². The Balaban J connectivity index is 1.54. The predicted octanol–water partition coefficient (Wildman–Crippen LogP) is 0.968. The van der Waals surface area contributed by atoms with Crippen LogP contribution in [0.15, 0.2) is 40.2 Å². The summed E-state index contributed by atoms with van der Waals surface area (Å²) in [6, 6.07) is 5.84. The van der Waals surface area contributed by atoms with E-state index in [2.05, 4.69) is 40.1 Å². The number of nitrogens with zero attached hydrogens (tertiary/aromatic N) is 5. The number of fused-ring (bicyclic) bond motifs is 1. The van der Waals surface area contributed by atoms with Gasteiger partial charge in [0.05, 0.1) is 12.2 Å². The molecule has 3 aromatic heterocycles. The molecule has 0 unspecified atom stereocenters. The van der Waals surface area contributed by atoms with Gasteiger partial charge in [0.2, 0.25) is 11.8 Å². The van der Waals surface area contributed by atoms with Crippen LogP contribution >= 0.6 is 0 Å². The summed E-state index contributed by atoms with van der Waals surface area (Å²) in [5.41, 5.74) is 0.381. The van der Waals surface area contributed by atoms with E-state index in [1.165, 1.54) is 35.0 Å². The van der Waals surface area contributed by atoms with Crippen molar-refractivity contribution in [2.45, 2.75) is 31.8 Å². The molecule has 3 heterocycles. The Hall–Kier alpha value is -4.36. The number of rotatable bonds is 6. The zero-order valence-corrected chi connectivity index (χ0v) is 17.3. The summed E-state index contributed by atoms with van der Waals surface area (Å²) in [7, 11) is 0. The van der Waals surface area contributed by atoms with Crippen LogP contribution in [0.5, 0.6) is 11.6 Å². The number of aromatic amines is 2. The molecule has 4 N–H and O–H groups in total. The summed E-state index contributed by atoms with van der Waals surface area (Å²) in [5.74, 6) is -0.576. The maximum atomic E-state index is 12.7. The number of anilines is 1. The van der Waals surface area contributed by atoms with Gasteiger partial charge in [-0.15, -0.1) is 13.2 Å². The molecular weight excluding hydrogens is 457 g/mol. The monoisotopic (exact) mass is 474 g/mol. The molecule has 5 rings (SSSR count). The van der Waals surface area contributed by atoms with Crippen LogP contribution in [0.1, 0.15) is 24.1 Å². The summed E-state index contributed by atoms with van der Waals surface area (Å²) in [6.07, 6.45) is -0.0597. The lowest BCUT2D eigenvalue weighted by Crippen LogP contribution is -2.25. The fourth-order valence-electron chi connectivity index (χ4n) is 3.21. The van der Waals surface area contributed by atoms with E-state index < -0.39 is 12.1 Å². The summed E-state index contributed by atoms with van der Waals surface area (Å²) < 4.78 is 43.7. The van der Waals surface area contributed by atoms with Crippen LogP contribution < -0.4 is 26.6 Å². The van der Waals surface area contributed by atoms with E-state index in [-0.39, 0.29) is 47.0 Å². The minimum Gasteiger partial charge on any atom is -0.493 e. The highest BCUT2D eigenvalue weighted by Crippen LogP contribution is 2.26. The number of hydrogen-bond acceptors (Lipinski definition) is 8. The Morgan fingerprint density at radius 3 is 2.76 bits per heavy atom. The minimum atomic E-state index is -4.82. The Morgan fingerprint density at radius 2 is 2.06 bits per heavy atom. The van der Waals surface area contributed by atoms with E-state index in [4.69, 9.17) is 0 Å². The lowest BCUT2D eigenvalue weighted by Gasteiger charge is -2.13. The third kappa shape index (κ3) is 4.69. The average molecular weight is 474 g/mol. The first-order chi connectivity index (χ1) is 16.2. The van der Waals surface area contributed by atoms with Gasteiger partial charge in [-0.05, 0) is 25.0 Å². The van der Waals surface area contributed by atoms with Gasteiger partial charge in [-0.25, -0.2) is 9.79 Å². The SMILES string of the molecule is O=c1[nH]c(O)c(/C=c2\cnn3c(=NC4CC4)nc(NCc4ccccc4OC(F)(F)F)nc23)[nH]1. The molecule has 0 bridgehead atoms. The van der Waals surface area contributed by atoms with Gasteiger partial charge in [-0.3, -0.25) is 4.98 Å². The van der Waals surface area contributed by atoms with Gasteiger partial charge >= 0.3 is 12.1 Å². The van der Waals surface area contributed by atoms with Crippen molar-refractivity contribution in [2.24, 2.45) is 4.99 Å². The summed E-state index contributed by atoms with van der Waals surface area (Å²) in [4.78, 5) is 29.4. The van der Waals surface area contributed by atoms with Crippen LogP contribution in [0.25, 0.3) is 11.7 Å². The number of H-pyrrole nitrogens is 2. The number of imidazole rings is 1. The predicted molar refractivity (Wildman–Crippen MR) is 112 cm³/mol. The highest BCUT2D eigenvalue weighted by molar-refractivity contribution is 5.57. The van der Waals surface area contributed by atoms with Crippen molar-refractivity contribution in [2.75, 3.05) is 5.32 Å². The van der Waals surface area contributed by atoms with Crippen molar-refractivity contribution in [3.05, 3.63) is 63.0 Å². The average Bonchev–Trinajstić information content (AvgIpc) is 3.40. The fourth-order valence-corrected chi connectivity index (χ4v) is 3.21. The number of ether oxygens (including phenoxy) is 1. The van der Waals surface area contributed by atoms with E-state index in [1.807, 2.05) is 0 Å². The number of para-hydroxylation sites is 1. The van der Waals surface area contributed by atoms with E-state index in [0.717, 1.165) is 12.8 Å². The standard InChI is InChI=1S/C20H17F3N8O3/c21-20(22,23)34-14-4-2-1-3-10(14)8-24-17-28-15-11(7-13-16(32)29-19(33)27-13)9-25-31(15)18(30-17)26-12-5-6-12/h1-4,7,9,12,32H,5-6,8H2,(H,24,26,30)(H2,27,29,33)/b11-7+. The molecule has 0 saturated heterocycles. The van der Waals surface area contributed by atoms with Crippen molar-refractivity contribution in [3.63, 3.8) is 0 Å². The van der Waals surface area contributed by atoms with E-state index in [9.17, 15) is 23.1 Å². The van der Waals surface area contributed by atoms with E-state index in [1.54, 1.807) is 6.07 Å². The lowest BCUT2D eigenvalue weighted by molar-refractivity contribution is -0.274. The van der Waals surface area contributed by atoms with Crippen molar-refractivity contribution in [1.82, 2.24) is 29.5 Å². The van der Waals surface area contributed by atoms with Crippen molar-refractivity contribution in [3.8, 4) is 11.6 Å². The lowest BCUT2D eigenvalue weighted by atomic mass is 10.2. The molecule has 0 amide bonds. The van der Waals surface area contributed by atoms with Crippen LogP contribution in [-0.4, -0.2) is 47.1 Å². The molecule has 11 nitrogen and oxygen atoms in total. The number of hydrogen-bond donors (Lipinski definition) is 4. The van der Waals surface area contributed by atoms with Gasteiger partial charge < -0.3 is 20.1 Å². The molecule has 0 aliphatic heterocycles. The quantitative estimate of drug-likeness (QED) is 0.326. The molecule has 1 saturated carbocycles. The first-order valence-corrected chi connectivity index (χ1v) is 10.2. The highest BCUT2D eigenvalue weighted by Gasteiger charge is 2.32. The first-order valence-electron chi connectivity index (χ1n) is 10.2. The van der Waals surface area contributed by atoms with Gasteiger partial charge in [-0.2, -0.15) is 19.6 Å². The molecule has 176 valence electrons. The Bertz CT molecular complexity index is 1540. The second-order valence-corrected chi connectivity index (χ2v) is 7.54. The topological polar surface area (TPSA) is 146 Å². The molecule has 4 aromatic rings. The molecule has 1 aliphatic rings. The Morgan fingerprint density at radius 1 is 1.26 bits per heavy atom. The maximum absolute atomic E-state index is 12.7. The molecule has 14 heteroatoms. The zero-order chi connectivity index (χ0) is 23.9. The molecular formula is C20H17F3N8O3. The smallest absolute Gasteiger partial charge is 0.493 e. The largest absolute Gasteiger partial charge is 0.573 e. The third-order valence-electron chi connectivity index (χ3n) is 4.89. The van der Waals surface area contributed by atoms with E-state index in [0.29, 0.717) is 10.9 Å². The highest BCUT2D eigenvalue weighted by atomic mass is 19.4. The fraction of sp³-hybridized carbons (Fsp3) is 0.250. The van der Waals surface area contributed by atoms with Gasteiger partial charge in [0.15, 0.2) is 5.65 Å². The molecule has 0 radical (unpaired) electrons. The van der Waals surface area contributed by atoms with Gasteiger partial charge in [0.25, 0.3) is 5.62 Å². The first kappa shape index (κ1) is 21.5.